The number of nitrogen functional groups attached to an aromatic ring is 1. The third-order valence-electron chi connectivity index (χ3n) is 2.37. The Balaban J connectivity index is 2.33. The van der Waals surface area contributed by atoms with E-state index in [-0.39, 0.29) is 5.84 Å². The van der Waals surface area contributed by atoms with Crippen molar-refractivity contribution >= 4 is 17.4 Å². The summed E-state index contributed by atoms with van der Waals surface area (Å²) in [5.74, 6) is -0.0458. The highest BCUT2D eigenvalue weighted by Gasteiger charge is 2.08. The molecule has 3 N–H and O–H groups in total. The number of amidine groups is 1. The van der Waals surface area contributed by atoms with Crippen LogP contribution < -0.4 is 5.73 Å². The largest absolute Gasteiger partial charge is 0.382 e. The molecule has 2 rings (SSSR count). The summed E-state index contributed by atoms with van der Waals surface area (Å²) in [6.45, 7) is 2.34. The Morgan fingerprint density at radius 1 is 1.59 bits per heavy atom. The van der Waals surface area contributed by atoms with Gasteiger partial charge in [-0.15, -0.1) is 0 Å². The van der Waals surface area contributed by atoms with Crippen molar-refractivity contribution in [1.82, 2.24) is 14.8 Å². The predicted molar refractivity (Wildman–Crippen MR) is 66.3 cm³/mol. The standard InChI is InChI=1S/C11H12ClN5/c1-7-9(12)6-17(16-7)5-8-3-2-4-15-10(8)11(13)14/h2-4,6H,5H2,1H3,(H3,13,14). The van der Waals surface area contributed by atoms with Crippen molar-refractivity contribution in [3.8, 4) is 0 Å². The number of halogens is 1. The zero-order valence-electron chi connectivity index (χ0n) is 9.31. The van der Waals surface area contributed by atoms with Crippen LogP contribution >= 0.6 is 11.6 Å². The van der Waals surface area contributed by atoms with Gasteiger partial charge in [0.2, 0.25) is 0 Å². The van der Waals surface area contributed by atoms with E-state index in [9.17, 15) is 0 Å². The van der Waals surface area contributed by atoms with E-state index >= 15 is 0 Å². The quantitative estimate of drug-likeness (QED) is 0.640. The first-order chi connectivity index (χ1) is 8.08. The fourth-order valence-electron chi connectivity index (χ4n) is 1.56. The van der Waals surface area contributed by atoms with Gasteiger partial charge in [-0.05, 0) is 13.0 Å². The Hall–Kier alpha value is -1.88. The molecule has 0 aromatic carbocycles. The number of nitrogens with two attached hydrogens (primary N) is 1. The van der Waals surface area contributed by atoms with Gasteiger partial charge in [0, 0.05) is 18.0 Å². The molecule has 0 aliphatic carbocycles. The average Bonchev–Trinajstić information content (AvgIpc) is 2.58. The van der Waals surface area contributed by atoms with Gasteiger partial charge in [-0.25, -0.2) is 0 Å². The number of aromatic nitrogens is 3. The molecular formula is C11H12ClN5. The molecule has 2 heterocycles. The van der Waals surface area contributed by atoms with Gasteiger partial charge >= 0.3 is 0 Å². The molecule has 17 heavy (non-hydrogen) atoms. The molecule has 0 aliphatic rings. The van der Waals surface area contributed by atoms with E-state index in [4.69, 9.17) is 22.7 Å². The van der Waals surface area contributed by atoms with Gasteiger partial charge in [0.15, 0.2) is 0 Å². The highest BCUT2D eigenvalue weighted by molar-refractivity contribution is 6.31. The van der Waals surface area contributed by atoms with E-state index in [1.54, 1.807) is 23.1 Å². The Bertz CT molecular complexity index is 541. The molecule has 0 bridgehead atoms. The summed E-state index contributed by atoms with van der Waals surface area (Å²) in [5.41, 5.74) is 7.58. The molecule has 0 atom stereocenters. The summed E-state index contributed by atoms with van der Waals surface area (Å²) in [5, 5.41) is 12.3. The van der Waals surface area contributed by atoms with Crippen LogP contribution in [0.25, 0.3) is 0 Å². The highest BCUT2D eigenvalue weighted by Crippen LogP contribution is 2.14. The van der Waals surface area contributed by atoms with Crippen LogP contribution in [0, 0.1) is 12.3 Å². The van der Waals surface area contributed by atoms with Crippen LogP contribution in [-0.2, 0) is 6.54 Å². The van der Waals surface area contributed by atoms with Gasteiger partial charge in [0.25, 0.3) is 0 Å². The molecule has 0 spiro atoms. The van der Waals surface area contributed by atoms with Crippen LogP contribution in [0.2, 0.25) is 5.02 Å². The van der Waals surface area contributed by atoms with Crippen LogP contribution in [0.3, 0.4) is 0 Å². The summed E-state index contributed by atoms with van der Waals surface area (Å²) in [6, 6.07) is 3.67. The van der Waals surface area contributed by atoms with Crippen LogP contribution in [-0.4, -0.2) is 20.6 Å². The topological polar surface area (TPSA) is 80.6 Å². The maximum absolute atomic E-state index is 7.45. The molecule has 6 heteroatoms. The molecule has 0 saturated heterocycles. The summed E-state index contributed by atoms with van der Waals surface area (Å²) >= 11 is 5.93. The Labute approximate surface area is 104 Å². The van der Waals surface area contributed by atoms with Crippen molar-refractivity contribution in [2.45, 2.75) is 13.5 Å². The second-order valence-corrected chi connectivity index (χ2v) is 4.09. The molecule has 0 aliphatic heterocycles. The zero-order valence-corrected chi connectivity index (χ0v) is 10.1. The number of aryl methyl sites for hydroxylation is 1. The van der Waals surface area contributed by atoms with Crippen LogP contribution in [0.4, 0.5) is 0 Å². The maximum atomic E-state index is 7.45. The van der Waals surface area contributed by atoms with E-state index in [0.717, 1.165) is 11.3 Å². The minimum atomic E-state index is -0.0458. The predicted octanol–water partition coefficient (Wildman–Crippen LogP) is 1.57. The van der Waals surface area contributed by atoms with E-state index in [0.29, 0.717) is 17.3 Å². The lowest BCUT2D eigenvalue weighted by atomic mass is 10.2. The molecule has 0 radical (unpaired) electrons. The molecular weight excluding hydrogens is 238 g/mol. The van der Waals surface area contributed by atoms with Gasteiger partial charge in [-0.1, -0.05) is 17.7 Å². The Morgan fingerprint density at radius 2 is 2.35 bits per heavy atom. The molecule has 2 aromatic rings. The number of nitrogens with zero attached hydrogens (tertiary/aromatic N) is 3. The lowest BCUT2D eigenvalue weighted by Crippen LogP contribution is -2.17. The number of hydrogen-bond acceptors (Lipinski definition) is 3. The van der Waals surface area contributed by atoms with Crippen molar-refractivity contribution in [3.63, 3.8) is 0 Å². The van der Waals surface area contributed by atoms with Gasteiger partial charge < -0.3 is 5.73 Å². The minimum Gasteiger partial charge on any atom is -0.382 e. The SMILES string of the molecule is Cc1nn(Cc2cccnc2C(=N)N)cc1Cl. The van der Waals surface area contributed by atoms with Gasteiger partial charge in [-0.2, -0.15) is 5.10 Å². The number of nitrogens with one attached hydrogen (secondary N) is 1. The number of hydrogen-bond donors (Lipinski definition) is 2. The van der Waals surface area contributed by atoms with E-state index < -0.39 is 0 Å². The molecule has 0 unspecified atom stereocenters. The molecule has 0 fully saturated rings. The van der Waals surface area contributed by atoms with Crippen molar-refractivity contribution in [2.24, 2.45) is 5.73 Å². The second-order valence-electron chi connectivity index (χ2n) is 3.68. The fraction of sp³-hybridized carbons (Fsp3) is 0.182. The average molecular weight is 250 g/mol. The van der Waals surface area contributed by atoms with Gasteiger partial charge in [0.1, 0.15) is 11.5 Å². The van der Waals surface area contributed by atoms with Crippen LogP contribution in [0.15, 0.2) is 24.5 Å². The van der Waals surface area contributed by atoms with Crippen LogP contribution in [0.5, 0.6) is 0 Å². The third-order valence-corrected chi connectivity index (χ3v) is 2.74. The monoisotopic (exact) mass is 249 g/mol. The van der Waals surface area contributed by atoms with E-state index in [2.05, 4.69) is 10.1 Å². The lowest BCUT2D eigenvalue weighted by Gasteiger charge is -2.06. The lowest BCUT2D eigenvalue weighted by molar-refractivity contribution is 0.676. The normalized spacial score (nSPS) is 10.5. The van der Waals surface area contributed by atoms with Crippen molar-refractivity contribution < 1.29 is 0 Å². The third kappa shape index (κ3) is 2.45. The fourth-order valence-corrected chi connectivity index (χ4v) is 1.71. The van der Waals surface area contributed by atoms with Gasteiger partial charge in [-0.3, -0.25) is 15.1 Å². The van der Waals surface area contributed by atoms with E-state index in [1.807, 2.05) is 13.0 Å². The Morgan fingerprint density at radius 3 is 2.94 bits per heavy atom. The smallest absolute Gasteiger partial charge is 0.142 e. The van der Waals surface area contributed by atoms with Gasteiger partial charge in [0.05, 0.1) is 17.3 Å². The molecule has 5 nitrogen and oxygen atoms in total. The molecule has 88 valence electrons. The number of rotatable bonds is 3. The summed E-state index contributed by atoms with van der Waals surface area (Å²) < 4.78 is 1.71. The zero-order chi connectivity index (χ0) is 12.4. The van der Waals surface area contributed by atoms with Crippen molar-refractivity contribution in [3.05, 3.63) is 46.5 Å². The first-order valence-electron chi connectivity index (χ1n) is 5.06. The first-order valence-corrected chi connectivity index (χ1v) is 5.43. The molecule has 2 aromatic heterocycles. The summed E-state index contributed by atoms with van der Waals surface area (Å²) in [7, 11) is 0. The molecule has 0 amide bonds. The highest BCUT2D eigenvalue weighted by atomic mass is 35.5. The first kappa shape index (κ1) is 11.6. The number of pyridine rings is 1. The maximum Gasteiger partial charge on any atom is 0.142 e. The van der Waals surface area contributed by atoms with Crippen LogP contribution in [0.1, 0.15) is 17.0 Å². The second kappa shape index (κ2) is 4.55. The summed E-state index contributed by atoms with van der Waals surface area (Å²) in [4.78, 5) is 4.08. The van der Waals surface area contributed by atoms with Crippen molar-refractivity contribution in [1.29, 1.82) is 5.41 Å². The molecule has 0 saturated carbocycles. The summed E-state index contributed by atoms with van der Waals surface area (Å²) in [6.07, 6.45) is 3.36. The minimum absolute atomic E-state index is 0.0458. The van der Waals surface area contributed by atoms with E-state index in [1.165, 1.54) is 0 Å². The Kier molecular flexibility index (Phi) is 3.10. The van der Waals surface area contributed by atoms with Crippen molar-refractivity contribution in [2.75, 3.05) is 0 Å².